The van der Waals surface area contributed by atoms with Gasteiger partial charge in [-0.15, -0.1) is 0 Å². The molecular weight excluding hydrogens is 306 g/mol. The van der Waals surface area contributed by atoms with Crippen molar-refractivity contribution in [2.75, 3.05) is 34.8 Å². The van der Waals surface area contributed by atoms with Crippen molar-refractivity contribution >= 4 is 21.9 Å². The Morgan fingerprint density at radius 3 is 2.58 bits per heavy atom. The van der Waals surface area contributed by atoms with E-state index < -0.39 is 0 Å². The number of benzene rings is 1. The van der Waals surface area contributed by atoms with E-state index in [1.807, 2.05) is 38.0 Å². The van der Waals surface area contributed by atoms with Crippen LogP contribution in [0.4, 0.5) is 0 Å². The number of hydrogen-bond acceptors (Lipinski definition) is 2. The Morgan fingerprint density at radius 2 is 1.95 bits per heavy atom. The summed E-state index contributed by atoms with van der Waals surface area (Å²) in [6.07, 6.45) is 0.986. The summed E-state index contributed by atoms with van der Waals surface area (Å²) in [5, 5.41) is 0. The molecule has 4 nitrogen and oxygen atoms in total. The fourth-order valence-corrected chi connectivity index (χ4v) is 2.85. The third-order valence-electron chi connectivity index (χ3n) is 3.02. The molecule has 0 bridgehead atoms. The van der Waals surface area contributed by atoms with Gasteiger partial charge in [0, 0.05) is 44.6 Å². The van der Waals surface area contributed by atoms with Crippen LogP contribution >= 0.6 is 15.9 Å². The molecule has 5 heteroatoms. The van der Waals surface area contributed by atoms with E-state index in [-0.39, 0.29) is 0 Å². The van der Waals surface area contributed by atoms with Crippen LogP contribution in [-0.2, 0) is 13.0 Å². The third-order valence-corrected chi connectivity index (χ3v) is 3.47. The summed E-state index contributed by atoms with van der Waals surface area (Å²) in [6, 6.07) is 4.23. The fraction of sp³-hybridized carbons (Fsp3) is 0.500. The smallest absolute Gasteiger partial charge is 0.195 e. The van der Waals surface area contributed by atoms with Crippen molar-refractivity contribution in [3.63, 3.8) is 0 Å². The third kappa shape index (κ3) is 3.21. The molecule has 0 atom stereocenters. The minimum atomic E-state index is 0.632. The van der Waals surface area contributed by atoms with E-state index in [9.17, 15) is 0 Å². The molecule has 2 rings (SSSR count). The van der Waals surface area contributed by atoms with E-state index in [1.165, 1.54) is 5.56 Å². The molecule has 19 heavy (non-hydrogen) atoms. The van der Waals surface area contributed by atoms with Crippen molar-refractivity contribution in [1.82, 2.24) is 9.80 Å². The lowest BCUT2D eigenvalue weighted by Crippen LogP contribution is -2.35. The monoisotopic (exact) mass is 325 g/mol. The van der Waals surface area contributed by atoms with Crippen LogP contribution in [0.2, 0.25) is 0 Å². The Balaban J connectivity index is 2.27. The molecule has 1 aliphatic rings. The molecule has 0 aliphatic carbocycles. The summed E-state index contributed by atoms with van der Waals surface area (Å²) in [7, 11) is 8.00. The van der Waals surface area contributed by atoms with E-state index in [0.29, 0.717) is 6.54 Å². The molecule has 0 saturated carbocycles. The fourth-order valence-electron chi connectivity index (χ4n) is 2.30. The predicted octanol–water partition coefficient (Wildman–Crippen LogP) is 2.36. The number of rotatable bonds is 2. The molecule has 0 N–H and O–H groups in total. The Kier molecular flexibility index (Phi) is 4.34. The molecule has 0 aromatic heterocycles. The van der Waals surface area contributed by atoms with E-state index in [2.05, 4.69) is 33.1 Å². The zero-order chi connectivity index (χ0) is 14.0. The molecule has 0 spiro atoms. The van der Waals surface area contributed by atoms with Gasteiger partial charge in [0.1, 0.15) is 5.75 Å². The highest BCUT2D eigenvalue weighted by atomic mass is 79.9. The van der Waals surface area contributed by atoms with Gasteiger partial charge in [0.15, 0.2) is 5.96 Å². The van der Waals surface area contributed by atoms with Crippen LogP contribution < -0.4 is 4.74 Å². The van der Waals surface area contributed by atoms with Crippen LogP contribution in [0.3, 0.4) is 0 Å². The number of fused-ring (bicyclic) bond motifs is 1. The van der Waals surface area contributed by atoms with Crippen LogP contribution in [0.25, 0.3) is 0 Å². The van der Waals surface area contributed by atoms with Gasteiger partial charge in [-0.2, -0.15) is 0 Å². The molecule has 0 amide bonds. The van der Waals surface area contributed by atoms with Crippen LogP contribution in [-0.4, -0.2) is 50.6 Å². The van der Waals surface area contributed by atoms with E-state index in [1.54, 1.807) is 0 Å². The highest BCUT2D eigenvalue weighted by Gasteiger charge is 2.17. The van der Waals surface area contributed by atoms with Gasteiger partial charge in [-0.05, 0) is 17.7 Å². The second-order valence-corrected chi connectivity index (χ2v) is 5.97. The lowest BCUT2D eigenvalue weighted by atomic mass is 10.1. The summed E-state index contributed by atoms with van der Waals surface area (Å²) in [6.45, 7) is 1.41. The Hall–Kier alpha value is -1.23. The first-order valence-corrected chi connectivity index (χ1v) is 7.11. The van der Waals surface area contributed by atoms with Crippen molar-refractivity contribution in [2.45, 2.75) is 13.0 Å². The van der Waals surface area contributed by atoms with Crippen LogP contribution in [0.1, 0.15) is 11.1 Å². The SMILES string of the molecule is CN(C)C(=NCc1cc(Br)cc2c1OCC2)N(C)C. The van der Waals surface area contributed by atoms with Crippen molar-refractivity contribution in [1.29, 1.82) is 0 Å². The van der Waals surface area contributed by atoms with Crippen LogP contribution in [0, 0.1) is 0 Å². The van der Waals surface area contributed by atoms with Crippen molar-refractivity contribution in [2.24, 2.45) is 4.99 Å². The first-order valence-electron chi connectivity index (χ1n) is 6.32. The zero-order valence-electron chi connectivity index (χ0n) is 11.9. The second kappa shape index (κ2) is 5.82. The number of guanidine groups is 1. The Labute approximate surface area is 123 Å². The summed E-state index contributed by atoms with van der Waals surface area (Å²) < 4.78 is 6.82. The molecular formula is C14H20BrN3O. The zero-order valence-corrected chi connectivity index (χ0v) is 13.5. The molecule has 1 aromatic carbocycles. The normalized spacial score (nSPS) is 12.7. The Bertz CT molecular complexity index is 488. The van der Waals surface area contributed by atoms with Crippen molar-refractivity contribution in [3.8, 4) is 5.75 Å². The average molecular weight is 326 g/mol. The van der Waals surface area contributed by atoms with E-state index in [0.717, 1.165) is 34.8 Å². The van der Waals surface area contributed by atoms with Gasteiger partial charge in [-0.1, -0.05) is 15.9 Å². The van der Waals surface area contributed by atoms with Gasteiger partial charge in [0.2, 0.25) is 0 Å². The lowest BCUT2D eigenvalue weighted by molar-refractivity contribution is 0.353. The number of halogens is 1. The van der Waals surface area contributed by atoms with Gasteiger partial charge < -0.3 is 14.5 Å². The first-order chi connectivity index (χ1) is 8.99. The molecule has 1 aliphatic heterocycles. The van der Waals surface area contributed by atoms with Crippen molar-refractivity contribution < 1.29 is 4.74 Å². The first kappa shape index (κ1) is 14.2. The average Bonchev–Trinajstić information content (AvgIpc) is 2.75. The van der Waals surface area contributed by atoms with Gasteiger partial charge in [0.25, 0.3) is 0 Å². The second-order valence-electron chi connectivity index (χ2n) is 5.06. The van der Waals surface area contributed by atoms with Gasteiger partial charge in [-0.3, -0.25) is 0 Å². The number of aliphatic imine (C=N–C) groups is 1. The highest BCUT2D eigenvalue weighted by molar-refractivity contribution is 9.10. The van der Waals surface area contributed by atoms with Crippen LogP contribution in [0.15, 0.2) is 21.6 Å². The van der Waals surface area contributed by atoms with Crippen LogP contribution in [0.5, 0.6) is 5.75 Å². The maximum Gasteiger partial charge on any atom is 0.195 e. The molecule has 0 unspecified atom stereocenters. The number of ether oxygens (including phenoxy) is 1. The maximum atomic E-state index is 5.72. The maximum absolute atomic E-state index is 5.72. The molecule has 1 heterocycles. The van der Waals surface area contributed by atoms with E-state index in [4.69, 9.17) is 4.74 Å². The highest BCUT2D eigenvalue weighted by Crippen LogP contribution is 2.33. The Morgan fingerprint density at radius 1 is 1.26 bits per heavy atom. The summed E-state index contributed by atoms with van der Waals surface area (Å²) >= 11 is 3.56. The summed E-state index contributed by atoms with van der Waals surface area (Å²) in [4.78, 5) is 8.71. The number of hydrogen-bond donors (Lipinski definition) is 0. The quantitative estimate of drug-likeness (QED) is 0.617. The molecule has 0 fully saturated rings. The minimum Gasteiger partial charge on any atom is -0.493 e. The predicted molar refractivity (Wildman–Crippen MR) is 81.9 cm³/mol. The van der Waals surface area contributed by atoms with Gasteiger partial charge in [-0.25, -0.2) is 4.99 Å². The van der Waals surface area contributed by atoms with E-state index >= 15 is 0 Å². The van der Waals surface area contributed by atoms with Crippen molar-refractivity contribution in [3.05, 3.63) is 27.7 Å². The molecule has 104 valence electrons. The molecule has 1 aromatic rings. The molecule has 0 radical (unpaired) electrons. The number of nitrogens with zero attached hydrogens (tertiary/aromatic N) is 3. The van der Waals surface area contributed by atoms with Gasteiger partial charge >= 0.3 is 0 Å². The molecule has 0 saturated heterocycles. The minimum absolute atomic E-state index is 0.632. The van der Waals surface area contributed by atoms with Gasteiger partial charge in [0.05, 0.1) is 13.2 Å². The topological polar surface area (TPSA) is 28.1 Å². The summed E-state index contributed by atoms with van der Waals surface area (Å²) in [5.41, 5.74) is 2.42. The lowest BCUT2D eigenvalue weighted by Gasteiger charge is -2.22. The standard InChI is InChI=1S/C14H20BrN3O/c1-17(2)14(18(3)4)16-9-11-8-12(15)7-10-5-6-19-13(10)11/h7-8H,5-6,9H2,1-4H3. The largest absolute Gasteiger partial charge is 0.493 e. The summed E-state index contributed by atoms with van der Waals surface area (Å²) in [5.74, 6) is 1.97.